The van der Waals surface area contributed by atoms with Gasteiger partial charge in [0.05, 0.1) is 41.4 Å². The number of hydrogen-bond donors (Lipinski definition) is 2. The van der Waals surface area contributed by atoms with Crippen LogP contribution in [-0.4, -0.2) is 66.9 Å². The number of fused-ring (bicyclic) bond motifs is 4. The predicted octanol–water partition coefficient (Wildman–Crippen LogP) is 7.47. The van der Waals surface area contributed by atoms with E-state index in [1.807, 2.05) is 6.92 Å². The van der Waals surface area contributed by atoms with Crippen LogP contribution in [0.5, 0.6) is 11.8 Å². The standard InChI is InChI=1S/C26H23F4N5O2S.C7H12FN/c1-3-11(9-31)6-7-37-22-13-8-14-18-12(4-5-15(27)23(18)38-24(14)32)17(13)20(30)21-19(22)25(33-10-16(28)29)35-26(34-21)36-2;8-6-4-7-2-1-3-9(7)5-6/h4-5,11,16H,3,6-8,10,32H2,1-2H3,(H,33,34,35);6-7H,1-5H2. The highest BCUT2D eigenvalue weighted by atomic mass is 32.1. The highest BCUT2D eigenvalue weighted by molar-refractivity contribution is 7.23. The normalized spacial score (nSPS) is 18.9. The molecule has 7 rings (SSSR count). The number of nitrogens with two attached hydrogens (primary N) is 1. The number of halogens is 5. The molecule has 1 aliphatic carbocycles. The van der Waals surface area contributed by atoms with E-state index in [0.29, 0.717) is 57.2 Å². The molecule has 8 nitrogen and oxygen atoms in total. The number of alkyl halides is 3. The van der Waals surface area contributed by atoms with Crippen molar-refractivity contribution in [1.29, 1.82) is 5.26 Å². The van der Waals surface area contributed by atoms with Crippen LogP contribution in [0.2, 0.25) is 0 Å². The fraction of sp³-hybridized carbons (Fsp3) is 0.485. The molecular formula is C33H35F5N6O2S. The van der Waals surface area contributed by atoms with Crippen LogP contribution in [-0.2, 0) is 6.42 Å². The van der Waals surface area contributed by atoms with Crippen molar-refractivity contribution in [3.05, 3.63) is 34.9 Å². The summed E-state index contributed by atoms with van der Waals surface area (Å²) in [6, 6.07) is 5.34. The zero-order valence-corrected chi connectivity index (χ0v) is 26.8. The first kappa shape index (κ1) is 33.0. The van der Waals surface area contributed by atoms with Gasteiger partial charge in [-0.2, -0.15) is 15.2 Å². The number of hydrogen-bond acceptors (Lipinski definition) is 9. The fourth-order valence-electron chi connectivity index (χ4n) is 6.83. The molecular weight excluding hydrogens is 639 g/mol. The Balaban J connectivity index is 0.000000366. The molecule has 0 amide bonds. The van der Waals surface area contributed by atoms with E-state index >= 15 is 4.39 Å². The fourth-order valence-corrected chi connectivity index (χ4v) is 7.85. The molecule has 0 spiro atoms. The quantitative estimate of drug-likeness (QED) is 0.155. The van der Waals surface area contributed by atoms with Gasteiger partial charge in [0, 0.05) is 41.4 Å². The summed E-state index contributed by atoms with van der Waals surface area (Å²) in [5.74, 6) is -1.35. The average molecular weight is 675 g/mol. The number of thiophene rings is 1. The number of nitrogens with zero attached hydrogens (tertiary/aromatic N) is 4. The minimum atomic E-state index is -2.71. The first-order chi connectivity index (χ1) is 22.6. The Kier molecular flexibility index (Phi) is 9.57. The summed E-state index contributed by atoms with van der Waals surface area (Å²) in [7, 11) is 1.28. The van der Waals surface area contributed by atoms with Gasteiger partial charge in [-0.3, -0.25) is 4.90 Å². The van der Waals surface area contributed by atoms with Gasteiger partial charge in [-0.15, -0.1) is 11.3 Å². The van der Waals surface area contributed by atoms with Gasteiger partial charge in [0.2, 0.25) is 0 Å². The largest absolute Gasteiger partial charge is 0.492 e. The average Bonchev–Trinajstić information content (AvgIpc) is 3.74. The van der Waals surface area contributed by atoms with Crippen molar-refractivity contribution in [1.82, 2.24) is 14.9 Å². The molecule has 0 bridgehead atoms. The molecule has 3 unspecified atom stereocenters. The van der Waals surface area contributed by atoms with Crippen LogP contribution in [0.3, 0.4) is 0 Å². The summed E-state index contributed by atoms with van der Waals surface area (Å²) in [4.78, 5) is 10.7. The van der Waals surface area contributed by atoms with Crippen LogP contribution in [0.1, 0.15) is 50.2 Å². The number of nitrogens with one attached hydrogen (secondary N) is 1. The molecule has 2 fully saturated rings. The Hall–Kier alpha value is -3.96. The maximum atomic E-state index is 16.4. The van der Waals surface area contributed by atoms with Crippen molar-refractivity contribution in [2.45, 2.75) is 64.1 Å². The van der Waals surface area contributed by atoms with Gasteiger partial charge in [0.1, 0.15) is 29.1 Å². The van der Waals surface area contributed by atoms with E-state index in [4.69, 9.17) is 15.2 Å². The molecule has 3 N–H and O–H groups in total. The van der Waals surface area contributed by atoms with Gasteiger partial charge in [-0.05, 0) is 55.8 Å². The second-order valence-corrected chi connectivity index (χ2v) is 13.0. The third-order valence-corrected chi connectivity index (χ3v) is 10.2. The SMILES string of the molecule is CCC(C#N)CCOc1c2c(c(F)c3nc(OC)nc(NCC(F)F)c13)-c1ccc(F)c3sc(N)c(c13)C2.FC1CC2CCCN2C1. The molecule has 2 aliphatic heterocycles. The molecule has 2 aromatic heterocycles. The number of methoxy groups -OCH3 is 1. The third kappa shape index (κ3) is 6.23. The van der Waals surface area contributed by atoms with Crippen LogP contribution >= 0.6 is 11.3 Å². The summed E-state index contributed by atoms with van der Waals surface area (Å²) >= 11 is 1.08. The molecule has 0 saturated carbocycles. The summed E-state index contributed by atoms with van der Waals surface area (Å²) < 4.78 is 81.6. The van der Waals surface area contributed by atoms with Gasteiger partial charge in [-0.25, -0.2) is 22.0 Å². The monoisotopic (exact) mass is 674 g/mol. The van der Waals surface area contributed by atoms with E-state index < -0.39 is 30.8 Å². The zero-order valence-electron chi connectivity index (χ0n) is 26.0. The molecule has 2 aromatic carbocycles. The lowest BCUT2D eigenvalue weighted by molar-refractivity contribution is 0.163. The molecule has 250 valence electrons. The lowest BCUT2D eigenvalue weighted by Crippen LogP contribution is -2.22. The number of ether oxygens (including phenoxy) is 2. The summed E-state index contributed by atoms with van der Waals surface area (Å²) in [5, 5.41) is 12.9. The molecule has 47 heavy (non-hydrogen) atoms. The van der Waals surface area contributed by atoms with Gasteiger partial charge in [-0.1, -0.05) is 13.0 Å². The van der Waals surface area contributed by atoms with Crippen molar-refractivity contribution in [3.8, 4) is 29.0 Å². The molecule has 4 aromatic rings. The highest BCUT2D eigenvalue weighted by Gasteiger charge is 2.35. The Morgan fingerprint density at radius 2 is 2.02 bits per heavy atom. The van der Waals surface area contributed by atoms with Crippen LogP contribution in [0, 0.1) is 28.9 Å². The third-order valence-electron chi connectivity index (χ3n) is 9.12. The number of aromatic nitrogens is 2. The Morgan fingerprint density at radius 3 is 2.72 bits per heavy atom. The van der Waals surface area contributed by atoms with E-state index in [1.165, 1.54) is 32.1 Å². The van der Waals surface area contributed by atoms with Crippen LogP contribution in [0.25, 0.3) is 32.1 Å². The summed E-state index contributed by atoms with van der Waals surface area (Å²) in [5.41, 5.74) is 7.71. The maximum absolute atomic E-state index is 16.4. The van der Waals surface area contributed by atoms with Gasteiger partial charge in [0.15, 0.2) is 5.82 Å². The highest BCUT2D eigenvalue weighted by Crippen LogP contribution is 2.52. The summed E-state index contributed by atoms with van der Waals surface area (Å²) in [6.07, 6.45) is 1.23. The number of anilines is 2. The molecule has 3 aliphatic rings. The Labute approximate surface area is 272 Å². The van der Waals surface area contributed by atoms with Crippen molar-refractivity contribution < 1.29 is 31.4 Å². The van der Waals surface area contributed by atoms with E-state index in [0.717, 1.165) is 24.3 Å². The van der Waals surface area contributed by atoms with Gasteiger partial charge in [0.25, 0.3) is 6.43 Å². The molecule has 2 saturated heterocycles. The van der Waals surface area contributed by atoms with Gasteiger partial charge >= 0.3 is 6.01 Å². The number of nitriles is 1. The van der Waals surface area contributed by atoms with Gasteiger partial charge < -0.3 is 20.5 Å². The lowest BCUT2D eigenvalue weighted by atomic mass is 9.84. The summed E-state index contributed by atoms with van der Waals surface area (Å²) in [6.45, 7) is 3.09. The van der Waals surface area contributed by atoms with Crippen molar-refractivity contribution in [3.63, 3.8) is 0 Å². The van der Waals surface area contributed by atoms with Crippen LogP contribution in [0.15, 0.2) is 12.1 Å². The number of nitrogen functional groups attached to an aromatic ring is 1. The molecule has 3 atom stereocenters. The number of benzene rings is 2. The number of rotatable bonds is 9. The van der Waals surface area contributed by atoms with E-state index in [-0.39, 0.29) is 53.0 Å². The minimum absolute atomic E-state index is 0.0725. The van der Waals surface area contributed by atoms with Crippen LogP contribution in [0.4, 0.5) is 32.8 Å². The molecule has 0 radical (unpaired) electrons. The van der Waals surface area contributed by atoms with E-state index in [1.54, 1.807) is 0 Å². The smallest absolute Gasteiger partial charge is 0.318 e. The van der Waals surface area contributed by atoms with Crippen LogP contribution < -0.4 is 20.5 Å². The van der Waals surface area contributed by atoms with Crippen molar-refractivity contribution in [2.75, 3.05) is 44.4 Å². The minimum Gasteiger partial charge on any atom is -0.492 e. The maximum Gasteiger partial charge on any atom is 0.318 e. The predicted molar refractivity (Wildman–Crippen MR) is 172 cm³/mol. The Bertz CT molecular complexity index is 1830. The van der Waals surface area contributed by atoms with Crippen molar-refractivity contribution >= 4 is 43.1 Å². The topological polar surface area (TPSA) is 109 Å². The van der Waals surface area contributed by atoms with E-state index in [9.17, 15) is 22.8 Å². The second-order valence-electron chi connectivity index (χ2n) is 12.0. The molecule has 4 heterocycles. The second kappa shape index (κ2) is 13.6. The first-order valence-corrected chi connectivity index (χ1v) is 16.5. The van der Waals surface area contributed by atoms with E-state index in [2.05, 4.69) is 26.3 Å². The Morgan fingerprint density at radius 1 is 1.21 bits per heavy atom. The van der Waals surface area contributed by atoms with Crippen molar-refractivity contribution in [2.24, 2.45) is 5.92 Å². The lowest BCUT2D eigenvalue weighted by Gasteiger charge is -2.25. The zero-order chi connectivity index (χ0) is 33.4. The molecule has 14 heteroatoms. The first-order valence-electron chi connectivity index (χ1n) is 15.7.